The molecule has 0 bridgehead atoms. The first-order valence-corrected chi connectivity index (χ1v) is 5.31. The number of hydrogen-bond donors (Lipinski definition) is 3. The smallest absolute Gasteiger partial charge is 0.203 e. The number of ether oxygens (including phenoxy) is 1. The molecule has 0 amide bonds. The molecule has 0 spiro atoms. The molecule has 6 nitrogen and oxygen atoms in total. The van der Waals surface area contributed by atoms with Crippen molar-refractivity contribution in [3.05, 3.63) is 17.0 Å². The Balaban J connectivity index is 2.23. The third-order valence-corrected chi connectivity index (χ3v) is 2.85. The molecule has 7 heteroatoms. The second-order valence-corrected chi connectivity index (χ2v) is 4.02. The van der Waals surface area contributed by atoms with Crippen LogP contribution in [0.4, 0.5) is 5.82 Å². The Morgan fingerprint density at radius 2 is 2.44 bits per heavy atom. The minimum atomic E-state index is -0.686. The first-order valence-electron chi connectivity index (χ1n) is 4.91. The third kappa shape index (κ3) is 2.07. The first-order chi connectivity index (χ1) is 7.61. The van der Waals surface area contributed by atoms with Crippen molar-refractivity contribution in [2.24, 2.45) is 0 Å². The van der Waals surface area contributed by atoms with Crippen molar-refractivity contribution >= 4 is 18.0 Å². The van der Waals surface area contributed by atoms with Crippen LogP contribution < -0.4 is 5.73 Å². The van der Waals surface area contributed by atoms with E-state index in [1.54, 1.807) is 16.8 Å². The Morgan fingerprint density at radius 3 is 3.00 bits per heavy atom. The van der Waals surface area contributed by atoms with Crippen molar-refractivity contribution in [2.75, 3.05) is 12.3 Å². The molecule has 1 aliphatic rings. The van der Waals surface area contributed by atoms with E-state index in [0.717, 1.165) is 0 Å². The minimum Gasteiger partial charge on any atom is -0.394 e. The molecule has 1 saturated heterocycles. The second-order valence-electron chi connectivity index (χ2n) is 3.66. The van der Waals surface area contributed by atoms with Gasteiger partial charge in [0.05, 0.1) is 12.7 Å². The van der Waals surface area contributed by atoms with Gasteiger partial charge >= 0.3 is 0 Å². The standard InChI is InChI=1S/C9H13N3O3S/c10-7-1-2-12(9(16)11-7)8-3-5(14)6(4-13)15-8/h1-2,5-6,8,13-14H,3-4H2,(H2,10,11,16). The SMILES string of the molecule is Nc1ccn(C2CC(O)C(CO)O2)c(=S)n1. The molecule has 2 rings (SSSR count). The van der Waals surface area contributed by atoms with Gasteiger partial charge in [0.15, 0.2) is 0 Å². The highest BCUT2D eigenvalue weighted by atomic mass is 32.1. The minimum absolute atomic E-state index is 0.215. The van der Waals surface area contributed by atoms with Crippen LogP contribution in [0, 0.1) is 4.77 Å². The Hall–Kier alpha value is -1.02. The number of aliphatic hydroxyl groups is 2. The fourth-order valence-electron chi connectivity index (χ4n) is 1.70. The Bertz CT molecular complexity index is 436. The van der Waals surface area contributed by atoms with Crippen LogP contribution in [-0.2, 0) is 4.74 Å². The van der Waals surface area contributed by atoms with Gasteiger partial charge in [0.1, 0.15) is 18.1 Å². The number of anilines is 1. The molecular formula is C9H13N3O3S. The lowest BCUT2D eigenvalue weighted by Gasteiger charge is -2.15. The number of aliphatic hydroxyl groups excluding tert-OH is 2. The van der Waals surface area contributed by atoms with Gasteiger partial charge in [-0.25, -0.2) is 4.98 Å². The quantitative estimate of drug-likeness (QED) is 0.625. The first kappa shape index (κ1) is 11.5. The van der Waals surface area contributed by atoms with Crippen molar-refractivity contribution < 1.29 is 14.9 Å². The van der Waals surface area contributed by atoms with Gasteiger partial charge in [-0.3, -0.25) is 4.57 Å². The van der Waals surface area contributed by atoms with Crippen molar-refractivity contribution in [1.82, 2.24) is 9.55 Å². The van der Waals surface area contributed by atoms with E-state index in [9.17, 15) is 5.11 Å². The summed E-state index contributed by atoms with van der Waals surface area (Å²) in [4.78, 5) is 3.93. The average molecular weight is 243 g/mol. The summed E-state index contributed by atoms with van der Waals surface area (Å²) in [6.45, 7) is -0.215. The van der Waals surface area contributed by atoms with E-state index in [1.807, 2.05) is 0 Å². The molecule has 1 fully saturated rings. The summed E-state index contributed by atoms with van der Waals surface area (Å²) in [6, 6.07) is 1.61. The summed E-state index contributed by atoms with van der Waals surface area (Å²) in [6.07, 6.45) is 0.402. The van der Waals surface area contributed by atoms with Crippen molar-refractivity contribution in [3.63, 3.8) is 0 Å². The molecule has 88 valence electrons. The van der Waals surface area contributed by atoms with Gasteiger partial charge in [-0.15, -0.1) is 0 Å². The summed E-state index contributed by atoms with van der Waals surface area (Å²) in [7, 11) is 0. The maximum Gasteiger partial charge on any atom is 0.203 e. The monoisotopic (exact) mass is 243 g/mol. The maximum atomic E-state index is 9.59. The lowest BCUT2D eigenvalue weighted by Crippen LogP contribution is -2.24. The Kier molecular flexibility index (Phi) is 3.20. The van der Waals surface area contributed by atoms with E-state index >= 15 is 0 Å². The van der Waals surface area contributed by atoms with Crippen molar-refractivity contribution in [2.45, 2.75) is 24.9 Å². The Labute approximate surface area is 97.3 Å². The molecule has 3 unspecified atom stereocenters. The normalized spacial score (nSPS) is 29.5. The molecule has 1 aliphatic heterocycles. The molecule has 0 aromatic carbocycles. The lowest BCUT2D eigenvalue weighted by molar-refractivity contribution is -0.0452. The van der Waals surface area contributed by atoms with E-state index in [4.69, 9.17) is 27.8 Å². The highest BCUT2D eigenvalue weighted by molar-refractivity contribution is 7.71. The number of nitrogens with zero attached hydrogens (tertiary/aromatic N) is 2. The largest absolute Gasteiger partial charge is 0.394 e. The van der Waals surface area contributed by atoms with Crippen LogP contribution >= 0.6 is 12.2 Å². The zero-order valence-corrected chi connectivity index (χ0v) is 9.30. The van der Waals surface area contributed by atoms with Crippen LogP contribution in [0.2, 0.25) is 0 Å². The van der Waals surface area contributed by atoms with Crippen molar-refractivity contribution in [1.29, 1.82) is 0 Å². The average Bonchev–Trinajstić information content (AvgIpc) is 2.59. The van der Waals surface area contributed by atoms with Crippen LogP contribution in [0.15, 0.2) is 12.3 Å². The summed E-state index contributed by atoms with van der Waals surface area (Å²) in [5, 5.41) is 18.5. The molecule has 16 heavy (non-hydrogen) atoms. The number of hydrogen-bond acceptors (Lipinski definition) is 6. The predicted molar refractivity (Wildman–Crippen MR) is 59.1 cm³/mol. The highest BCUT2D eigenvalue weighted by Gasteiger charge is 2.34. The molecule has 0 aliphatic carbocycles. The van der Waals surface area contributed by atoms with Crippen LogP contribution in [0.25, 0.3) is 0 Å². The molecule has 0 radical (unpaired) electrons. The lowest BCUT2D eigenvalue weighted by atomic mass is 10.2. The fourth-order valence-corrected chi connectivity index (χ4v) is 1.98. The second kappa shape index (κ2) is 4.46. The molecule has 1 aromatic heterocycles. The molecule has 0 saturated carbocycles. The summed E-state index contributed by atoms with van der Waals surface area (Å²) < 4.78 is 7.36. The molecule has 2 heterocycles. The molecule has 1 aromatic rings. The van der Waals surface area contributed by atoms with Crippen LogP contribution in [0.5, 0.6) is 0 Å². The zero-order valence-electron chi connectivity index (χ0n) is 8.48. The predicted octanol–water partition coefficient (Wildman–Crippen LogP) is -0.165. The topological polar surface area (TPSA) is 93.5 Å². The van der Waals surface area contributed by atoms with Gasteiger partial charge in [-0.1, -0.05) is 0 Å². The molecular weight excluding hydrogens is 230 g/mol. The number of rotatable bonds is 2. The maximum absolute atomic E-state index is 9.59. The third-order valence-electron chi connectivity index (χ3n) is 2.55. The van der Waals surface area contributed by atoms with Gasteiger partial charge < -0.3 is 20.7 Å². The van der Waals surface area contributed by atoms with Crippen LogP contribution in [0.3, 0.4) is 0 Å². The van der Waals surface area contributed by atoms with E-state index in [2.05, 4.69) is 4.98 Å². The van der Waals surface area contributed by atoms with E-state index < -0.39 is 18.4 Å². The van der Waals surface area contributed by atoms with E-state index in [1.165, 1.54) is 0 Å². The summed E-state index contributed by atoms with van der Waals surface area (Å²) in [5.41, 5.74) is 5.49. The molecule has 4 N–H and O–H groups in total. The number of aromatic nitrogens is 2. The fraction of sp³-hybridized carbons (Fsp3) is 0.556. The van der Waals surface area contributed by atoms with Gasteiger partial charge in [-0.05, 0) is 18.3 Å². The van der Waals surface area contributed by atoms with Gasteiger partial charge in [-0.2, -0.15) is 0 Å². The van der Waals surface area contributed by atoms with Gasteiger partial charge in [0.2, 0.25) is 4.77 Å². The summed E-state index contributed by atoms with van der Waals surface area (Å²) >= 11 is 5.04. The van der Waals surface area contributed by atoms with E-state index in [-0.39, 0.29) is 6.61 Å². The van der Waals surface area contributed by atoms with Gasteiger partial charge in [0.25, 0.3) is 0 Å². The van der Waals surface area contributed by atoms with Gasteiger partial charge in [0, 0.05) is 12.6 Å². The number of nitrogens with two attached hydrogens (primary N) is 1. The van der Waals surface area contributed by atoms with E-state index in [0.29, 0.717) is 17.0 Å². The van der Waals surface area contributed by atoms with Crippen LogP contribution in [0.1, 0.15) is 12.6 Å². The Morgan fingerprint density at radius 1 is 1.69 bits per heavy atom. The van der Waals surface area contributed by atoms with Crippen LogP contribution in [-0.4, -0.2) is 38.6 Å². The molecule has 3 atom stereocenters. The van der Waals surface area contributed by atoms with Crippen molar-refractivity contribution in [3.8, 4) is 0 Å². The number of nitrogen functional groups attached to an aromatic ring is 1. The summed E-state index contributed by atoms with van der Waals surface area (Å²) in [5.74, 6) is 0.346. The highest BCUT2D eigenvalue weighted by Crippen LogP contribution is 2.28. The zero-order chi connectivity index (χ0) is 11.7.